The highest BCUT2D eigenvalue weighted by molar-refractivity contribution is 5.16. The van der Waals surface area contributed by atoms with Crippen LogP contribution < -0.4 is 0 Å². The Labute approximate surface area is 62.4 Å². The van der Waals surface area contributed by atoms with Crippen molar-refractivity contribution in [2.24, 2.45) is 10.2 Å². The highest BCUT2D eigenvalue weighted by Crippen LogP contribution is 2.05. The maximum Gasteiger partial charge on any atom is 0.0625 e. The predicted octanol–water partition coefficient (Wildman–Crippen LogP) is 2.94. The molecular weight excluding hydrogens is 124 g/mol. The normalized spacial score (nSPS) is 12.5. The summed E-state index contributed by atoms with van der Waals surface area (Å²) in [7, 11) is 1.67. The number of azo groups is 1. The summed E-state index contributed by atoms with van der Waals surface area (Å²) in [5, 5.41) is 7.58. The van der Waals surface area contributed by atoms with E-state index < -0.39 is 0 Å². The Balaban J connectivity index is 4.18. The molecule has 0 atom stereocenters. The van der Waals surface area contributed by atoms with Gasteiger partial charge in [-0.2, -0.15) is 10.2 Å². The first-order chi connectivity index (χ1) is 4.70. The molecule has 0 aromatic rings. The predicted molar refractivity (Wildman–Crippen MR) is 44.0 cm³/mol. The lowest BCUT2D eigenvalue weighted by Crippen LogP contribution is -1.74. The molecule has 0 heterocycles. The van der Waals surface area contributed by atoms with Crippen LogP contribution in [0.2, 0.25) is 0 Å². The fourth-order valence-electron chi connectivity index (χ4n) is 0.615. The Morgan fingerprint density at radius 1 is 1.60 bits per heavy atom. The van der Waals surface area contributed by atoms with Crippen molar-refractivity contribution >= 4 is 0 Å². The van der Waals surface area contributed by atoms with Crippen LogP contribution in [0.5, 0.6) is 0 Å². The van der Waals surface area contributed by atoms with Gasteiger partial charge in [-0.3, -0.25) is 0 Å². The Bertz CT molecular complexity index is 166. The smallest absolute Gasteiger partial charge is 0.0625 e. The zero-order valence-corrected chi connectivity index (χ0v) is 6.89. The minimum Gasteiger partial charge on any atom is -0.192 e. The average molecular weight is 138 g/mol. The molecule has 0 fully saturated rings. The Morgan fingerprint density at radius 3 is 2.50 bits per heavy atom. The molecule has 0 N–H and O–H groups in total. The summed E-state index contributed by atoms with van der Waals surface area (Å²) in [6.45, 7) is 7.74. The van der Waals surface area contributed by atoms with Crippen LogP contribution in [0.3, 0.4) is 0 Å². The number of allylic oxidation sites excluding steroid dienone is 3. The topological polar surface area (TPSA) is 24.7 Å². The molecule has 56 valence electrons. The molecule has 0 bridgehead atoms. The zero-order chi connectivity index (χ0) is 7.98. The molecule has 10 heavy (non-hydrogen) atoms. The highest BCUT2D eigenvalue weighted by Gasteiger charge is 1.87. The quantitative estimate of drug-likeness (QED) is 0.423. The maximum atomic E-state index is 3.91. The van der Waals surface area contributed by atoms with E-state index in [-0.39, 0.29) is 0 Å². The van der Waals surface area contributed by atoms with Crippen molar-refractivity contribution in [1.82, 2.24) is 0 Å². The molecule has 2 heteroatoms. The summed E-state index contributed by atoms with van der Waals surface area (Å²) in [6, 6.07) is 0. The largest absolute Gasteiger partial charge is 0.192 e. The van der Waals surface area contributed by atoms with E-state index in [1.807, 2.05) is 19.9 Å². The van der Waals surface area contributed by atoms with Crippen LogP contribution in [0.1, 0.15) is 20.3 Å². The van der Waals surface area contributed by atoms with Crippen molar-refractivity contribution in [2.75, 3.05) is 7.05 Å². The lowest BCUT2D eigenvalue weighted by molar-refractivity contribution is 0.979. The molecule has 2 nitrogen and oxygen atoms in total. The van der Waals surface area contributed by atoms with Gasteiger partial charge in [0, 0.05) is 7.05 Å². The Kier molecular flexibility index (Phi) is 4.46. The molecule has 0 rings (SSSR count). The lowest BCUT2D eigenvalue weighted by atomic mass is 10.2. The summed E-state index contributed by atoms with van der Waals surface area (Å²) in [4.78, 5) is 0. The Hall–Kier alpha value is -0.920. The van der Waals surface area contributed by atoms with Crippen molar-refractivity contribution < 1.29 is 0 Å². The third-order valence-electron chi connectivity index (χ3n) is 1.00. The zero-order valence-electron chi connectivity index (χ0n) is 6.89. The van der Waals surface area contributed by atoms with E-state index >= 15 is 0 Å². The first-order valence-corrected chi connectivity index (χ1v) is 3.36. The Morgan fingerprint density at radius 2 is 2.20 bits per heavy atom. The number of nitrogens with zero attached hydrogens (tertiary/aromatic N) is 2. The fourth-order valence-corrected chi connectivity index (χ4v) is 0.615. The van der Waals surface area contributed by atoms with E-state index in [4.69, 9.17) is 0 Å². The van der Waals surface area contributed by atoms with Gasteiger partial charge in [0.25, 0.3) is 0 Å². The molecule has 0 saturated heterocycles. The van der Waals surface area contributed by atoms with Crippen LogP contribution in [0, 0.1) is 0 Å². The van der Waals surface area contributed by atoms with E-state index in [0.29, 0.717) is 0 Å². The van der Waals surface area contributed by atoms with Crippen LogP contribution in [0.15, 0.2) is 34.2 Å². The van der Waals surface area contributed by atoms with Crippen molar-refractivity contribution in [3.63, 3.8) is 0 Å². The van der Waals surface area contributed by atoms with Gasteiger partial charge in [0.15, 0.2) is 0 Å². The van der Waals surface area contributed by atoms with Crippen LogP contribution in [0.4, 0.5) is 0 Å². The molecule has 0 unspecified atom stereocenters. The minimum atomic E-state index is 0.907. The maximum absolute atomic E-state index is 3.91. The monoisotopic (exact) mass is 138 g/mol. The van der Waals surface area contributed by atoms with Gasteiger partial charge < -0.3 is 0 Å². The van der Waals surface area contributed by atoms with Gasteiger partial charge in [0.2, 0.25) is 0 Å². The summed E-state index contributed by atoms with van der Waals surface area (Å²) < 4.78 is 0. The molecule has 0 aliphatic heterocycles. The molecule has 0 spiro atoms. The van der Waals surface area contributed by atoms with Gasteiger partial charge >= 0.3 is 0 Å². The van der Waals surface area contributed by atoms with Crippen LogP contribution in [-0.4, -0.2) is 7.05 Å². The van der Waals surface area contributed by atoms with Gasteiger partial charge in [-0.1, -0.05) is 19.1 Å². The molecule has 0 radical (unpaired) electrons. The second kappa shape index (κ2) is 4.91. The van der Waals surface area contributed by atoms with Crippen LogP contribution >= 0.6 is 0 Å². The van der Waals surface area contributed by atoms with E-state index in [9.17, 15) is 0 Å². The first-order valence-electron chi connectivity index (χ1n) is 3.36. The van der Waals surface area contributed by atoms with Crippen molar-refractivity contribution in [3.05, 3.63) is 23.9 Å². The number of rotatable bonds is 3. The molecule has 0 aliphatic carbocycles. The van der Waals surface area contributed by atoms with Crippen LogP contribution in [-0.2, 0) is 0 Å². The van der Waals surface area contributed by atoms with Crippen LogP contribution in [0.25, 0.3) is 0 Å². The molecule has 0 saturated carbocycles. The van der Waals surface area contributed by atoms with E-state index in [1.165, 1.54) is 0 Å². The SMILES string of the molecule is C=C(C)/C=C(/CC)N=NC. The second-order valence-corrected chi connectivity index (χ2v) is 2.14. The summed E-state index contributed by atoms with van der Waals surface area (Å²) in [5.41, 5.74) is 2.00. The van der Waals surface area contributed by atoms with E-state index in [2.05, 4.69) is 16.8 Å². The fraction of sp³-hybridized carbons (Fsp3) is 0.500. The van der Waals surface area contributed by atoms with Gasteiger partial charge in [0.05, 0.1) is 5.70 Å². The number of hydrogen-bond donors (Lipinski definition) is 0. The standard InChI is InChI=1S/C8H14N2/c1-5-8(10-9-4)6-7(2)3/h6H,2,5H2,1,3-4H3/b8-6-,10-9?. The second-order valence-electron chi connectivity index (χ2n) is 2.14. The van der Waals surface area contributed by atoms with Crippen molar-refractivity contribution in [3.8, 4) is 0 Å². The van der Waals surface area contributed by atoms with Gasteiger partial charge in [0.1, 0.15) is 0 Å². The minimum absolute atomic E-state index is 0.907. The van der Waals surface area contributed by atoms with Gasteiger partial charge in [-0.05, 0) is 19.4 Å². The van der Waals surface area contributed by atoms with E-state index in [1.54, 1.807) is 7.05 Å². The third-order valence-corrected chi connectivity index (χ3v) is 1.00. The van der Waals surface area contributed by atoms with Crippen molar-refractivity contribution in [2.45, 2.75) is 20.3 Å². The molecule has 0 aromatic heterocycles. The lowest BCUT2D eigenvalue weighted by Gasteiger charge is -1.92. The average Bonchev–Trinajstić information content (AvgIpc) is 1.86. The number of hydrogen-bond acceptors (Lipinski definition) is 2. The summed E-state index contributed by atoms with van der Waals surface area (Å²) >= 11 is 0. The van der Waals surface area contributed by atoms with Gasteiger partial charge in [-0.25, -0.2) is 0 Å². The van der Waals surface area contributed by atoms with E-state index in [0.717, 1.165) is 17.7 Å². The summed E-state index contributed by atoms with van der Waals surface area (Å²) in [6.07, 6.45) is 2.84. The molecule has 0 aliphatic rings. The third kappa shape index (κ3) is 4.01. The first kappa shape index (κ1) is 9.08. The van der Waals surface area contributed by atoms with Crippen molar-refractivity contribution in [1.29, 1.82) is 0 Å². The molecule has 0 amide bonds. The molecular formula is C8H14N2. The highest BCUT2D eigenvalue weighted by atomic mass is 15.1. The summed E-state index contributed by atoms with van der Waals surface area (Å²) in [5.74, 6) is 0. The van der Waals surface area contributed by atoms with Gasteiger partial charge in [-0.15, -0.1) is 0 Å². The molecule has 0 aromatic carbocycles.